The number of carbonyl (C=O) groups is 2. The first kappa shape index (κ1) is 15.3. The van der Waals surface area contributed by atoms with Crippen LogP contribution in [0.4, 0.5) is 5.69 Å². The highest BCUT2D eigenvalue weighted by molar-refractivity contribution is 5.98. The van der Waals surface area contributed by atoms with Gasteiger partial charge in [0, 0.05) is 0 Å². The average molecular weight is 298 g/mol. The van der Waals surface area contributed by atoms with E-state index in [0.717, 1.165) is 0 Å². The molecule has 0 aliphatic carbocycles. The number of esters is 1. The Kier molecular flexibility index (Phi) is 4.59. The van der Waals surface area contributed by atoms with Crippen LogP contribution in [0.5, 0.6) is 0 Å². The summed E-state index contributed by atoms with van der Waals surface area (Å²) in [5.74, 6) is -0.730. The molecule has 22 heavy (non-hydrogen) atoms. The number of aryl methyl sites for hydroxylation is 1. The number of nitrogens with one attached hydrogen (secondary N) is 1. The molecular formula is C16H14N2O4. The van der Waals surface area contributed by atoms with Crippen LogP contribution >= 0.6 is 0 Å². The Morgan fingerprint density at radius 2 is 2.05 bits per heavy atom. The zero-order valence-electron chi connectivity index (χ0n) is 12.1. The summed E-state index contributed by atoms with van der Waals surface area (Å²) in [7, 11) is 0. The van der Waals surface area contributed by atoms with Gasteiger partial charge in [-0.25, -0.2) is 4.79 Å². The van der Waals surface area contributed by atoms with E-state index in [1.807, 2.05) is 6.07 Å². The Bertz CT molecular complexity index is 743. The van der Waals surface area contributed by atoms with Crippen molar-refractivity contribution in [2.45, 2.75) is 20.0 Å². The van der Waals surface area contributed by atoms with Gasteiger partial charge in [0.25, 0.3) is 5.91 Å². The van der Waals surface area contributed by atoms with E-state index < -0.39 is 18.0 Å². The molecule has 0 aliphatic rings. The maximum Gasteiger partial charge on any atom is 0.342 e. The van der Waals surface area contributed by atoms with Crippen molar-refractivity contribution in [3.63, 3.8) is 0 Å². The molecule has 0 fully saturated rings. The van der Waals surface area contributed by atoms with E-state index in [1.54, 1.807) is 31.2 Å². The summed E-state index contributed by atoms with van der Waals surface area (Å²) < 4.78 is 10.1. The van der Waals surface area contributed by atoms with Gasteiger partial charge in [-0.05, 0) is 32.0 Å². The minimum Gasteiger partial charge on any atom is -0.469 e. The van der Waals surface area contributed by atoms with E-state index in [1.165, 1.54) is 19.3 Å². The second-order valence-electron chi connectivity index (χ2n) is 4.58. The number of nitrogens with zero attached hydrogens (tertiary/aromatic N) is 1. The van der Waals surface area contributed by atoms with E-state index in [-0.39, 0.29) is 5.56 Å². The van der Waals surface area contributed by atoms with Crippen molar-refractivity contribution < 1.29 is 18.7 Å². The highest BCUT2D eigenvalue weighted by atomic mass is 16.5. The molecule has 0 aliphatic heterocycles. The molecule has 1 N–H and O–H groups in total. The Labute approximate surface area is 127 Å². The zero-order chi connectivity index (χ0) is 16.1. The maximum absolute atomic E-state index is 12.0. The average Bonchev–Trinajstić information content (AvgIpc) is 2.93. The van der Waals surface area contributed by atoms with Gasteiger partial charge in [-0.15, -0.1) is 0 Å². The lowest BCUT2D eigenvalue weighted by Gasteiger charge is -2.13. The minimum atomic E-state index is -1.01. The van der Waals surface area contributed by atoms with Gasteiger partial charge >= 0.3 is 5.97 Å². The number of carbonyl (C=O) groups excluding carboxylic acids is 2. The lowest BCUT2D eigenvalue weighted by atomic mass is 10.2. The summed E-state index contributed by atoms with van der Waals surface area (Å²) in [6.45, 7) is 3.09. The number of furan rings is 1. The van der Waals surface area contributed by atoms with Crippen molar-refractivity contribution >= 4 is 17.6 Å². The monoisotopic (exact) mass is 298 g/mol. The molecule has 1 heterocycles. The highest BCUT2D eigenvalue weighted by Crippen LogP contribution is 2.15. The number of nitriles is 1. The molecule has 2 aromatic rings. The van der Waals surface area contributed by atoms with Crippen LogP contribution in [0.3, 0.4) is 0 Å². The second kappa shape index (κ2) is 6.59. The molecule has 0 spiro atoms. The number of anilines is 1. The van der Waals surface area contributed by atoms with Gasteiger partial charge in [0.2, 0.25) is 0 Å². The summed E-state index contributed by atoms with van der Waals surface area (Å²) in [4.78, 5) is 24.0. The summed E-state index contributed by atoms with van der Waals surface area (Å²) in [6, 6.07) is 10.0. The lowest BCUT2D eigenvalue weighted by molar-refractivity contribution is -0.123. The number of hydrogen-bond donors (Lipinski definition) is 1. The van der Waals surface area contributed by atoms with Crippen LogP contribution in [0.2, 0.25) is 0 Å². The summed E-state index contributed by atoms with van der Waals surface area (Å²) in [6.07, 6.45) is 0.369. The van der Waals surface area contributed by atoms with Crippen molar-refractivity contribution in [3.05, 3.63) is 53.5 Å². The molecule has 0 bridgehead atoms. The quantitative estimate of drug-likeness (QED) is 0.876. The topological polar surface area (TPSA) is 92.3 Å². The van der Waals surface area contributed by atoms with Gasteiger partial charge in [0.05, 0.1) is 17.5 Å². The van der Waals surface area contributed by atoms with E-state index in [4.69, 9.17) is 14.4 Å². The predicted octanol–water partition coefficient (Wildman–Crippen LogP) is 2.64. The number of amides is 1. The molecule has 1 amide bonds. The van der Waals surface area contributed by atoms with Crippen LogP contribution in [0.25, 0.3) is 0 Å². The molecule has 1 aromatic heterocycles. The lowest BCUT2D eigenvalue weighted by Crippen LogP contribution is -2.30. The molecule has 0 radical (unpaired) electrons. The zero-order valence-corrected chi connectivity index (χ0v) is 12.1. The third-order valence-electron chi connectivity index (χ3n) is 3.04. The second-order valence-corrected chi connectivity index (χ2v) is 4.58. The molecule has 6 nitrogen and oxygen atoms in total. The molecule has 0 saturated carbocycles. The Morgan fingerprint density at radius 3 is 2.68 bits per heavy atom. The van der Waals surface area contributed by atoms with E-state index in [2.05, 4.69) is 5.32 Å². The Hall–Kier alpha value is -3.07. The number of benzene rings is 1. The normalized spacial score (nSPS) is 11.3. The number of rotatable bonds is 4. The first-order chi connectivity index (χ1) is 10.5. The van der Waals surface area contributed by atoms with Crippen LogP contribution < -0.4 is 5.32 Å². The van der Waals surface area contributed by atoms with Crippen molar-refractivity contribution in [3.8, 4) is 6.07 Å². The third-order valence-corrected chi connectivity index (χ3v) is 3.04. The fraction of sp³-hybridized carbons (Fsp3) is 0.188. The molecule has 1 aromatic carbocycles. The highest BCUT2D eigenvalue weighted by Gasteiger charge is 2.21. The predicted molar refractivity (Wildman–Crippen MR) is 78.1 cm³/mol. The smallest absolute Gasteiger partial charge is 0.342 e. The first-order valence-corrected chi connectivity index (χ1v) is 6.58. The van der Waals surface area contributed by atoms with Crippen molar-refractivity contribution in [1.29, 1.82) is 5.26 Å². The fourth-order valence-electron chi connectivity index (χ4n) is 1.80. The van der Waals surface area contributed by atoms with Gasteiger partial charge < -0.3 is 14.5 Å². The summed E-state index contributed by atoms with van der Waals surface area (Å²) >= 11 is 0. The SMILES string of the molecule is Cc1occc1C(=O)O[C@@H](C)C(=O)Nc1ccccc1C#N. The van der Waals surface area contributed by atoms with Crippen LogP contribution in [0.15, 0.2) is 41.0 Å². The standard InChI is InChI=1S/C16H14N2O4/c1-10-13(7-8-21-10)16(20)22-11(2)15(19)18-14-6-4-3-5-12(14)9-17/h3-8,11H,1-2H3,(H,18,19)/t11-/m0/s1. The molecule has 6 heteroatoms. The molecule has 2 rings (SSSR count). The maximum atomic E-state index is 12.0. The van der Waals surface area contributed by atoms with E-state index in [9.17, 15) is 9.59 Å². The minimum absolute atomic E-state index is 0.275. The van der Waals surface area contributed by atoms with E-state index >= 15 is 0 Å². The van der Waals surface area contributed by atoms with Gasteiger partial charge in [0.15, 0.2) is 6.10 Å². The Balaban J connectivity index is 2.02. The van der Waals surface area contributed by atoms with Crippen molar-refractivity contribution in [2.75, 3.05) is 5.32 Å². The largest absolute Gasteiger partial charge is 0.469 e. The van der Waals surface area contributed by atoms with Gasteiger partial charge in [-0.1, -0.05) is 12.1 Å². The number of ether oxygens (including phenoxy) is 1. The molecule has 0 unspecified atom stereocenters. The third kappa shape index (κ3) is 3.33. The number of hydrogen-bond acceptors (Lipinski definition) is 5. The molecule has 112 valence electrons. The number of para-hydroxylation sites is 1. The van der Waals surface area contributed by atoms with Gasteiger partial charge in [-0.3, -0.25) is 4.79 Å². The first-order valence-electron chi connectivity index (χ1n) is 6.58. The molecule has 1 atom stereocenters. The summed E-state index contributed by atoms with van der Waals surface area (Å²) in [5, 5.41) is 11.5. The summed E-state index contributed by atoms with van der Waals surface area (Å²) in [5.41, 5.74) is 0.981. The van der Waals surface area contributed by atoms with Gasteiger partial charge in [0.1, 0.15) is 17.4 Å². The van der Waals surface area contributed by atoms with Crippen LogP contribution in [-0.4, -0.2) is 18.0 Å². The molecule has 0 saturated heterocycles. The van der Waals surface area contributed by atoms with Crippen LogP contribution in [0.1, 0.15) is 28.6 Å². The van der Waals surface area contributed by atoms with Crippen molar-refractivity contribution in [2.24, 2.45) is 0 Å². The fourth-order valence-corrected chi connectivity index (χ4v) is 1.80. The molecular weight excluding hydrogens is 284 g/mol. The van der Waals surface area contributed by atoms with E-state index in [0.29, 0.717) is 17.0 Å². The van der Waals surface area contributed by atoms with Crippen LogP contribution in [0, 0.1) is 18.3 Å². The van der Waals surface area contributed by atoms with Crippen molar-refractivity contribution in [1.82, 2.24) is 0 Å². The van der Waals surface area contributed by atoms with Crippen LogP contribution in [-0.2, 0) is 9.53 Å². The Morgan fingerprint density at radius 1 is 1.32 bits per heavy atom. The van der Waals surface area contributed by atoms with Gasteiger partial charge in [-0.2, -0.15) is 5.26 Å².